The number of H-pyrrole nitrogens is 1. The number of hydrogen-bond donors (Lipinski definition) is 3. The summed E-state index contributed by atoms with van der Waals surface area (Å²) in [6.45, 7) is -0.605. The molecule has 136 valence electrons. The molecule has 3 N–H and O–H groups in total. The highest BCUT2D eigenvalue weighted by Gasteiger charge is 2.19. The minimum Gasteiger partial charge on any atom is -0.480 e. The van der Waals surface area contributed by atoms with Gasteiger partial charge in [-0.3, -0.25) is 19.5 Å². The Kier molecular flexibility index (Phi) is 5.73. The molecular formula is C16H14ClFN4O4. The van der Waals surface area contributed by atoms with Gasteiger partial charge in [-0.05, 0) is 17.7 Å². The van der Waals surface area contributed by atoms with Crippen LogP contribution in [0.4, 0.5) is 4.39 Å². The average molecular weight is 381 g/mol. The number of rotatable bonds is 5. The van der Waals surface area contributed by atoms with Crippen LogP contribution in [0.2, 0.25) is 0 Å². The van der Waals surface area contributed by atoms with E-state index in [1.165, 1.54) is 29.0 Å². The molecule has 1 amide bonds. The third-order valence-corrected chi connectivity index (χ3v) is 3.57. The van der Waals surface area contributed by atoms with Gasteiger partial charge in [0.1, 0.15) is 24.3 Å². The first-order chi connectivity index (χ1) is 12.0. The summed E-state index contributed by atoms with van der Waals surface area (Å²) >= 11 is 0. The molecule has 10 heteroatoms. The zero-order chi connectivity index (χ0) is 18.0. The van der Waals surface area contributed by atoms with Gasteiger partial charge in [-0.2, -0.15) is 0 Å². The van der Waals surface area contributed by atoms with E-state index in [0.717, 1.165) is 5.56 Å². The highest BCUT2D eigenvalue weighted by molar-refractivity contribution is 6.00. The lowest BCUT2D eigenvalue weighted by atomic mass is 10.1. The lowest BCUT2D eigenvalue weighted by molar-refractivity contribution is -0.135. The van der Waals surface area contributed by atoms with Gasteiger partial charge in [0, 0.05) is 12.5 Å². The van der Waals surface area contributed by atoms with E-state index >= 15 is 0 Å². The van der Waals surface area contributed by atoms with Crippen molar-refractivity contribution >= 4 is 29.9 Å². The molecule has 26 heavy (non-hydrogen) atoms. The Morgan fingerprint density at radius 1 is 1.27 bits per heavy atom. The van der Waals surface area contributed by atoms with Gasteiger partial charge in [0.2, 0.25) is 0 Å². The number of pyridine rings is 1. The summed E-state index contributed by atoms with van der Waals surface area (Å²) in [5, 5.41) is 13.6. The predicted molar refractivity (Wildman–Crippen MR) is 92.2 cm³/mol. The van der Waals surface area contributed by atoms with Gasteiger partial charge in [0.05, 0.1) is 5.69 Å². The average Bonchev–Trinajstić information content (AvgIpc) is 3.04. The van der Waals surface area contributed by atoms with Crippen molar-refractivity contribution in [2.24, 2.45) is 0 Å². The van der Waals surface area contributed by atoms with Crippen molar-refractivity contribution in [1.29, 1.82) is 0 Å². The Morgan fingerprint density at radius 3 is 2.62 bits per heavy atom. The Labute approximate surface area is 152 Å². The number of aliphatic carboxylic acids is 1. The second kappa shape index (κ2) is 7.79. The number of nitrogens with one attached hydrogen (secondary N) is 2. The number of benzene rings is 1. The van der Waals surface area contributed by atoms with E-state index in [1.54, 1.807) is 12.1 Å². The smallest absolute Gasteiger partial charge is 0.322 e. The summed E-state index contributed by atoms with van der Waals surface area (Å²) in [7, 11) is 0. The van der Waals surface area contributed by atoms with Crippen molar-refractivity contribution < 1.29 is 19.1 Å². The molecule has 2 heterocycles. The summed E-state index contributed by atoms with van der Waals surface area (Å²) in [5.74, 6) is -2.40. The number of amides is 1. The molecule has 0 unspecified atom stereocenters. The Bertz CT molecular complexity index is 1010. The van der Waals surface area contributed by atoms with Crippen LogP contribution in [-0.4, -0.2) is 38.1 Å². The molecule has 3 rings (SSSR count). The van der Waals surface area contributed by atoms with Crippen molar-refractivity contribution in [1.82, 2.24) is 19.9 Å². The third-order valence-electron chi connectivity index (χ3n) is 3.57. The molecule has 0 aliphatic rings. The highest BCUT2D eigenvalue weighted by atomic mass is 35.5. The van der Waals surface area contributed by atoms with Crippen LogP contribution in [0.5, 0.6) is 0 Å². The number of nitrogens with zero attached hydrogens (tertiary/aromatic N) is 2. The van der Waals surface area contributed by atoms with Crippen molar-refractivity contribution in [2.75, 3.05) is 6.54 Å². The van der Waals surface area contributed by atoms with Crippen LogP contribution in [0.3, 0.4) is 0 Å². The van der Waals surface area contributed by atoms with E-state index in [2.05, 4.69) is 15.4 Å². The monoisotopic (exact) mass is 380 g/mol. The minimum absolute atomic E-state index is 0. The first-order valence-corrected chi connectivity index (χ1v) is 7.28. The Balaban J connectivity index is 0.00000243. The van der Waals surface area contributed by atoms with E-state index in [4.69, 9.17) is 5.11 Å². The van der Waals surface area contributed by atoms with Crippen molar-refractivity contribution in [3.05, 3.63) is 69.5 Å². The third kappa shape index (κ3) is 3.89. The van der Waals surface area contributed by atoms with Crippen LogP contribution >= 0.6 is 12.4 Å². The fourth-order valence-electron chi connectivity index (χ4n) is 2.46. The molecule has 0 saturated carbocycles. The number of aromatic nitrogens is 3. The van der Waals surface area contributed by atoms with Crippen LogP contribution in [0, 0.1) is 5.82 Å². The van der Waals surface area contributed by atoms with E-state index in [1.807, 2.05) is 0 Å². The molecule has 0 aliphatic heterocycles. The van der Waals surface area contributed by atoms with Gasteiger partial charge in [0.25, 0.3) is 5.91 Å². The Morgan fingerprint density at radius 2 is 1.96 bits per heavy atom. The summed E-state index contributed by atoms with van der Waals surface area (Å²) < 4.78 is 14.5. The molecule has 8 nitrogen and oxygen atoms in total. The fraction of sp³-hybridized carbons (Fsp3) is 0.125. The maximum atomic E-state index is 13.0. The van der Waals surface area contributed by atoms with Crippen LogP contribution in [0.25, 0.3) is 5.65 Å². The molecule has 0 bridgehead atoms. The number of aromatic amines is 1. The molecule has 2 aromatic heterocycles. The van der Waals surface area contributed by atoms with Crippen molar-refractivity contribution in [2.45, 2.75) is 6.42 Å². The molecular weight excluding hydrogens is 367 g/mol. The summed E-state index contributed by atoms with van der Waals surface area (Å²) in [4.78, 5) is 39.0. The van der Waals surface area contributed by atoms with Gasteiger partial charge in [0.15, 0.2) is 11.1 Å². The molecule has 0 atom stereocenters. The molecule has 1 aromatic carbocycles. The predicted octanol–water partition coefficient (Wildman–Crippen LogP) is 0.989. The Hall–Kier alpha value is -3.20. The molecule has 3 aromatic rings. The minimum atomic E-state index is -1.22. The van der Waals surface area contributed by atoms with Gasteiger partial charge in [-0.1, -0.05) is 12.1 Å². The number of fused-ring (bicyclic) bond motifs is 1. The lowest BCUT2D eigenvalue weighted by Crippen LogP contribution is -2.33. The number of carbonyl (C=O) groups excluding carboxylic acids is 1. The quantitative estimate of drug-likeness (QED) is 0.610. The highest BCUT2D eigenvalue weighted by Crippen LogP contribution is 2.12. The standard InChI is InChI=1S/C16H13FN4O4.ClH/c17-10-3-1-9(2-4-10)5-11-6-12(22)14(15-19-8-20-21(11)15)16(25)18-7-13(23)24;/h1-4,6,8H,5,7H2,(H,18,25)(H,19,20)(H,23,24);1H. The number of hydrogen-bond acceptors (Lipinski definition) is 4. The summed E-state index contributed by atoms with van der Waals surface area (Å²) in [6.07, 6.45) is 1.63. The van der Waals surface area contributed by atoms with Crippen molar-refractivity contribution in [3.63, 3.8) is 0 Å². The first-order valence-electron chi connectivity index (χ1n) is 7.28. The largest absolute Gasteiger partial charge is 0.480 e. The van der Waals surface area contributed by atoms with Crippen molar-refractivity contribution in [3.8, 4) is 0 Å². The van der Waals surface area contributed by atoms with E-state index in [0.29, 0.717) is 12.1 Å². The first kappa shape index (κ1) is 19.1. The zero-order valence-corrected chi connectivity index (χ0v) is 14.0. The second-order valence-electron chi connectivity index (χ2n) is 5.30. The van der Waals surface area contributed by atoms with E-state index < -0.39 is 23.9 Å². The number of halogens is 2. The van der Waals surface area contributed by atoms with Crippen LogP contribution in [0.1, 0.15) is 21.6 Å². The number of carboxylic acid groups (broad SMARTS) is 1. The topological polar surface area (TPSA) is 117 Å². The fourth-order valence-corrected chi connectivity index (χ4v) is 2.46. The van der Waals surface area contributed by atoms with E-state index in [-0.39, 0.29) is 29.4 Å². The maximum absolute atomic E-state index is 13.0. The van der Waals surface area contributed by atoms with Crippen LogP contribution < -0.4 is 10.7 Å². The second-order valence-corrected chi connectivity index (χ2v) is 5.30. The lowest BCUT2D eigenvalue weighted by Gasteiger charge is -2.08. The normalized spacial score (nSPS) is 10.3. The van der Waals surface area contributed by atoms with Gasteiger partial charge < -0.3 is 10.4 Å². The van der Waals surface area contributed by atoms with Gasteiger partial charge in [-0.25, -0.2) is 13.9 Å². The van der Waals surface area contributed by atoms with Crippen LogP contribution in [-0.2, 0) is 11.2 Å². The SMILES string of the molecule is Cl.O=C(O)CNC(=O)c1c(=O)cc(Cc2ccc(F)cc2)n2[nH]cnc12. The number of carbonyl (C=O) groups is 2. The van der Waals surface area contributed by atoms with E-state index in [9.17, 15) is 18.8 Å². The van der Waals surface area contributed by atoms with Gasteiger partial charge >= 0.3 is 5.97 Å². The number of carboxylic acids is 1. The molecule has 0 radical (unpaired) electrons. The zero-order valence-electron chi connectivity index (χ0n) is 13.2. The van der Waals surface area contributed by atoms with Gasteiger partial charge in [-0.15, -0.1) is 12.4 Å². The molecule has 0 aliphatic carbocycles. The molecule has 0 spiro atoms. The molecule has 0 fully saturated rings. The van der Waals surface area contributed by atoms with Crippen LogP contribution in [0.15, 0.2) is 41.5 Å². The summed E-state index contributed by atoms with van der Waals surface area (Å²) in [6, 6.07) is 7.09. The maximum Gasteiger partial charge on any atom is 0.322 e. The molecule has 0 saturated heterocycles. The summed E-state index contributed by atoms with van der Waals surface area (Å²) in [5.41, 5.74) is 0.566.